The van der Waals surface area contributed by atoms with Crippen molar-refractivity contribution in [1.82, 2.24) is 9.88 Å². The van der Waals surface area contributed by atoms with Gasteiger partial charge in [0.05, 0.1) is 10.7 Å². The van der Waals surface area contributed by atoms with Crippen molar-refractivity contribution in [3.8, 4) is 34.3 Å². The summed E-state index contributed by atoms with van der Waals surface area (Å²) in [7, 11) is 0. The number of aromatic nitrogens is 1. The van der Waals surface area contributed by atoms with Crippen molar-refractivity contribution < 1.29 is 23.7 Å². The molecule has 3 aliphatic rings. The normalized spacial score (nSPS) is 17.2. The summed E-state index contributed by atoms with van der Waals surface area (Å²) in [4.78, 5) is 19.5. The third-order valence-corrected chi connectivity index (χ3v) is 7.57. The third kappa shape index (κ3) is 4.71. The second kappa shape index (κ2) is 9.62. The van der Waals surface area contributed by atoms with Gasteiger partial charge in [0.15, 0.2) is 23.0 Å². The number of hydrogen-bond acceptors (Lipinski definition) is 7. The molecule has 3 aliphatic heterocycles. The number of amides is 1. The molecule has 0 radical (unpaired) electrons. The number of nitrogens with zero attached hydrogens (tertiary/aromatic N) is 2. The number of piperidine rings is 1. The van der Waals surface area contributed by atoms with Crippen molar-refractivity contribution in [2.24, 2.45) is 0 Å². The van der Waals surface area contributed by atoms with Crippen molar-refractivity contribution in [2.45, 2.75) is 25.2 Å². The van der Waals surface area contributed by atoms with E-state index in [1.165, 1.54) is 0 Å². The number of likely N-dealkylation sites (tertiary alicyclic amines) is 1. The highest BCUT2D eigenvalue weighted by atomic mass is 32.1. The lowest BCUT2D eigenvalue weighted by molar-refractivity contribution is -0.127. The van der Waals surface area contributed by atoms with Gasteiger partial charge < -0.3 is 23.8 Å². The predicted molar refractivity (Wildman–Crippen MR) is 133 cm³/mol. The lowest BCUT2D eigenvalue weighted by Gasteiger charge is -2.30. The van der Waals surface area contributed by atoms with Gasteiger partial charge in [-0.25, -0.2) is 4.98 Å². The molecule has 1 fully saturated rings. The smallest absolute Gasteiger partial charge is 0.246 e. The number of carbonyl (C=O) groups is 1. The molecule has 2 aromatic carbocycles. The van der Waals surface area contributed by atoms with E-state index in [4.69, 9.17) is 23.9 Å². The molecule has 1 saturated heterocycles. The molecule has 7 nitrogen and oxygen atoms in total. The van der Waals surface area contributed by atoms with Crippen LogP contribution in [0.2, 0.25) is 0 Å². The van der Waals surface area contributed by atoms with E-state index < -0.39 is 0 Å². The number of ether oxygens (including phenoxy) is 4. The Bertz CT molecular complexity index is 1260. The van der Waals surface area contributed by atoms with Gasteiger partial charge in [0.1, 0.15) is 13.2 Å². The number of benzene rings is 2. The van der Waals surface area contributed by atoms with E-state index >= 15 is 0 Å². The summed E-state index contributed by atoms with van der Waals surface area (Å²) in [6.45, 7) is 2.92. The maximum atomic E-state index is 12.7. The highest BCUT2D eigenvalue weighted by Crippen LogP contribution is 2.37. The van der Waals surface area contributed by atoms with Gasteiger partial charge in [0, 0.05) is 30.0 Å². The maximum absolute atomic E-state index is 12.7. The van der Waals surface area contributed by atoms with Crippen LogP contribution in [0.1, 0.15) is 29.3 Å². The van der Waals surface area contributed by atoms with E-state index in [2.05, 4.69) is 5.38 Å². The molecule has 3 aromatic rings. The number of rotatable bonds is 5. The Morgan fingerprint density at radius 3 is 2.60 bits per heavy atom. The van der Waals surface area contributed by atoms with Gasteiger partial charge in [0.2, 0.25) is 12.7 Å². The molecule has 0 unspecified atom stereocenters. The first-order valence-corrected chi connectivity index (χ1v) is 12.8. The van der Waals surface area contributed by atoms with Crippen LogP contribution in [0.15, 0.2) is 53.9 Å². The molecule has 0 aliphatic carbocycles. The predicted octanol–water partition coefficient (Wildman–Crippen LogP) is 4.81. The van der Waals surface area contributed by atoms with Crippen LogP contribution >= 0.6 is 11.3 Å². The number of hydrogen-bond donors (Lipinski definition) is 0. The second-order valence-corrected chi connectivity index (χ2v) is 9.71. The first-order chi connectivity index (χ1) is 17.2. The first-order valence-electron chi connectivity index (χ1n) is 11.9. The van der Waals surface area contributed by atoms with E-state index in [1.807, 2.05) is 47.4 Å². The molecule has 0 atom stereocenters. The number of fused-ring (bicyclic) bond motifs is 2. The summed E-state index contributed by atoms with van der Waals surface area (Å²) in [5, 5.41) is 3.25. The van der Waals surface area contributed by atoms with Gasteiger partial charge >= 0.3 is 0 Å². The van der Waals surface area contributed by atoms with Crippen LogP contribution in [-0.4, -0.2) is 48.9 Å². The minimum Gasteiger partial charge on any atom is -0.486 e. The van der Waals surface area contributed by atoms with Crippen molar-refractivity contribution in [3.63, 3.8) is 0 Å². The van der Waals surface area contributed by atoms with Crippen molar-refractivity contribution >= 4 is 17.2 Å². The summed E-state index contributed by atoms with van der Waals surface area (Å²) in [5.41, 5.74) is 3.10. The average Bonchev–Trinajstić information content (AvgIpc) is 3.58. The Morgan fingerprint density at radius 1 is 0.971 bits per heavy atom. The van der Waals surface area contributed by atoms with Gasteiger partial charge in [-0.3, -0.25) is 4.79 Å². The highest BCUT2D eigenvalue weighted by Gasteiger charge is 2.25. The number of allylic oxidation sites excluding steroid dienone is 1. The van der Waals surface area contributed by atoms with Gasteiger partial charge in [0.25, 0.3) is 0 Å². The fraction of sp³-hybridized carbons (Fsp3) is 0.333. The molecule has 4 heterocycles. The fourth-order valence-corrected chi connectivity index (χ4v) is 5.63. The zero-order valence-electron chi connectivity index (χ0n) is 19.3. The average molecular weight is 491 g/mol. The SMILES string of the molecule is O=C(/C=C/Cc1ccc2c(c1)OCO2)N1CCC(c2nc(-c3ccc4c(c3)OCCO4)cs2)CC1. The molecule has 6 rings (SSSR count). The Kier molecular flexibility index (Phi) is 6.04. The van der Waals surface area contributed by atoms with Crippen molar-refractivity contribution in [2.75, 3.05) is 33.1 Å². The van der Waals surface area contributed by atoms with Crippen LogP contribution in [0.5, 0.6) is 23.0 Å². The van der Waals surface area contributed by atoms with Crippen LogP contribution in [0.25, 0.3) is 11.3 Å². The Balaban J connectivity index is 1.03. The summed E-state index contributed by atoms with van der Waals surface area (Å²) in [6.07, 6.45) is 6.15. The van der Waals surface area contributed by atoms with E-state index in [0.29, 0.717) is 25.6 Å². The summed E-state index contributed by atoms with van der Waals surface area (Å²) in [6, 6.07) is 11.9. The molecule has 1 aromatic heterocycles. The second-order valence-electron chi connectivity index (χ2n) is 8.82. The van der Waals surface area contributed by atoms with E-state index in [0.717, 1.165) is 70.8 Å². The zero-order chi connectivity index (χ0) is 23.6. The number of thiazole rings is 1. The molecular formula is C27H26N2O5S. The first kappa shape index (κ1) is 22.0. The Morgan fingerprint density at radius 2 is 1.71 bits per heavy atom. The minimum absolute atomic E-state index is 0.0697. The van der Waals surface area contributed by atoms with Crippen molar-refractivity contribution in [1.29, 1.82) is 0 Å². The number of carbonyl (C=O) groups excluding carboxylic acids is 1. The molecular weight excluding hydrogens is 464 g/mol. The molecule has 1 amide bonds. The molecule has 180 valence electrons. The van der Waals surface area contributed by atoms with Gasteiger partial charge in [-0.1, -0.05) is 12.1 Å². The van der Waals surface area contributed by atoms with Crippen LogP contribution in [-0.2, 0) is 11.2 Å². The quantitative estimate of drug-likeness (QED) is 0.478. The fourth-order valence-electron chi connectivity index (χ4n) is 4.63. The van der Waals surface area contributed by atoms with Crippen LogP contribution in [0, 0.1) is 0 Å². The zero-order valence-corrected chi connectivity index (χ0v) is 20.1. The van der Waals surface area contributed by atoms with Gasteiger partial charge in [-0.2, -0.15) is 0 Å². The minimum atomic E-state index is 0.0697. The molecule has 0 spiro atoms. The summed E-state index contributed by atoms with van der Waals surface area (Å²) < 4.78 is 22.1. The Hall–Kier alpha value is -3.52. The molecule has 0 saturated carbocycles. The van der Waals surface area contributed by atoms with E-state index in [9.17, 15) is 4.79 Å². The third-order valence-electron chi connectivity index (χ3n) is 6.57. The van der Waals surface area contributed by atoms with Crippen LogP contribution in [0.3, 0.4) is 0 Å². The topological polar surface area (TPSA) is 70.1 Å². The molecule has 8 heteroatoms. The Labute approximate surface area is 207 Å². The van der Waals surface area contributed by atoms with E-state index in [-0.39, 0.29) is 12.7 Å². The monoisotopic (exact) mass is 490 g/mol. The summed E-state index contributed by atoms with van der Waals surface area (Å²) in [5.74, 6) is 3.56. The lowest BCUT2D eigenvalue weighted by Crippen LogP contribution is -2.36. The van der Waals surface area contributed by atoms with Crippen molar-refractivity contribution in [3.05, 3.63) is 64.5 Å². The summed E-state index contributed by atoms with van der Waals surface area (Å²) >= 11 is 1.70. The lowest BCUT2D eigenvalue weighted by atomic mass is 9.97. The van der Waals surface area contributed by atoms with Gasteiger partial charge in [-0.15, -0.1) is 11.3 Å². The standard InChI is InChI=1S/C27H26N2O5S/c30-26(3-1-2-18-4-6-23-24(14-18)34-17-33-23)29-10-8-19(9-11-29)27-28-21(16-35-27)20-5-7-22-25(15-20)32-13-12-31-22/h1,3-7,14-16,19H,2,8-13,17H2/b3-1+. The van der Waals surface area contributed by atoms with Crippen LogP contribution < -0.4 is 18.9 Å². The van der Waals surface area contributed by atoms with E-state index in [1.54, 1.807) is 17.4 Å². The maximum Gasteiger partial charge on any atom is 0.246 e. The molecule has 0 bridgehead atoms. The largest absolute Gasteiger partial charge is 0.486 e. The highest BCUT2D eigenvalue weighted by molar-refractivity contribution is 7.10. The van der Waals surface area contributed by atoms with Crippen LogP contribution in [0.4, 0.5) is 0 Å². The molecule has 35 heavy (non-hydrogen) atoms. The van der Waals surface area contributed by atoms with Gasteiger partial charge in [-0.05, 0) is 61.2 Å². The molecule has 0 N–H and O–H groups in total.